The Kier molecular flexibility index (Phi) is 6.54. The van der Waals surface area contributed by atoms with Gasteiger partial charge in [0.1, 0.15) is 22.9 Å². The average molecular weight is 482 g/mol. The van der Waals surface area contributed by atoms with Crippen LogP contribution in [-0.4, -0.2) is 55.2 Å². The van der Waals surface area contributed by atoms with Crippen molar-refractivity contribution >= 4 is 5.91 Å². The summed E-state index contributed by atoms with van der Waals surface area (Å²) >= 11 is 0. The molecule has 0 aromatic heterocycles. The zero-order valence-corrected chi connectivity index (χ0v) is 17.7. The molecule has 1 aromatic rings. The highest BCUT2D eigenvalue weighted by Gasteiger charge is 2.58. The maximum Gasteiger partial charge on any atom is 0.401 e. The lowest BCUT2D eigenvalue weighted by Crippen LogP contribution is -2.40. The van der Waals surface area contributed by atoms with Crippen LogP contribution in [0, 0.1) is 29.4 Å². The Morgan fingerprint density at radius 3 is 2.30 bits per heavy atom. The van der Waals surface area contributed by atoms with Gasteiger partial charge in [-0.1, -0.05) is 0 Å². The molecule has 33 heavy (non-hydrogen) atoms. The smallest absolute Gasteiger partial charge is 0.401 e. The Hall–Kier alpha value is -2.04. The van der Waals surface area contributed by atoms with Crippen LogP contribution in [0.25, 0.3) is 0 Å². The molecule has 11 heteroatoms. The lowest BCUT2D eigenvalue weighted by Gasteiger charge is -2.32. The molecule has 1 heterocycles. The topological polar surface area (TPSA) is 41.6 Å². The number of carbonyl (C=O) groups is 1. The third kappa shape index (κ3) is 6.10. The van der Waals surface area contributed by atoms with Crippen molar-refractivity contribution in [2.75, 3.05) is 26.2 Å². The van der Waals surface area contributed by atoms with Crippen LogP contribution in [0.3, 0.4) is 0 Å². The van der Waals surface area contributed by atoms with E-state index in [1.165, 1.54) is 4.90 Å². The van der Waals surface area contributed by atoms with Gasteiger partial charge in [-0.05, 0) is 56.5 Å². The number of likely N-dealkylation sites (tertiary alicyclic amines) is 1. The van der Waals surface area contributed by atoms with Crippen molar-refractivity contribution in [3.8, 4) is 5.75 Å². The monoisotopic (exact) mass is 482 g/mol. The molecule has 1 amide bonds. The van der Waals surface area contributed by atoms with Gasteiger partial charge in [0, 0.05) is 18.6 Å². The molecule has 1 saturated heterocycles. The first kappa shape index (κ1) is 24.1. The first-order valence-corrected chi connectivity index (χ1v) is 11.0. The predicted molar refractivity (Wildman–Crippen MR) is 104 cm³/mol. The van der Waals surface area contributed by atoms with Crippen LogP contribution in [0.1, 0.15) is 42.5 Å². The molecule has 0 radical (unpaired) electrons. The van der Waals surface area contributed by atoms with Crippen molar-refractivity contribution < 1.29 is 40.3 Å². The number of alkyl halides is 5. The van der Waals surface area contributed by atoms with Crippen molar-refractivity contribution in [3.63, 3.8) is 0 Å². The summed E-state index contributed by atoms with van der Waals surface area (Å²) in [5.74, 6) is -5.59. The maximum atomic E-state index is 14.2. The predicted octanol–water partition coefficient (Wildman–Crippen LogP) is 4.78. The molecular formula is C22H25F7N2O2. The van der Waals surface area contributed by atoms with Gasteiger partial charge in [-0.15, -0.1) is 0 Å². The van der Waals surface area contributed by atoms with Gasteiger partial charge in [-0.2, -0.15) is 13.2 Å². The molecule has 0 bridgehead atoms. The van der Waals surface area contributed by atoms with Gasteiger partial charge >= 0.3 is 6.18 Å². The molecule has 3 atom stereocenters. The highest BCUT2D eigenvalue weighted by Crippen LogP contribution is 2.50. The van der Waals surface area contributed by atoms with E-state index in [9.17, 15) is 35.5 Å². The second kappa shape index (κ2) is 8.96. The summed E-state index contributed by atoms with van der Waals surface area (Å²) in [7, 11) is 0. The molecule has 1 aromatic carbocycles. The third-order valence-electron chi connectivity index (χ3n) is 6.75. The van der Waals surface area contributed by atoms with Crippen molar-refractivity contribution in [3.05, 3.63) is 29.3 Å². The molecular weight excluding hydrogens is 457 g/mol. The summed E-state index contributed by atoms with van der Waals surface area (Å²) in [5, 5.41) is 1.91. The van der Waals surface area contributed by atoms with Crippen LogP contribution in [0.2, 0.25) is 0 Å². The number of piperidine rings is 1. The Morgan fingerprint density at radius 1 is 1.15 bits per heavy atom. The number of amides is 1. The minimum atomic E-state index is -4.18. The molecule has 0 spiro atoms. The van der Waals surface area contributed by atoms with E-state index in [-0.39, 0.29) is 12.4 Å². The van der Waals surface area contributed by atoms with E-state index in [1.807, 2.05) is 5.32 Å². The molecule has 4 rings (SSSR count). The summed E-state index contributed by atoms with van der Waals surface area (Å²) in [5.41, 5.74) is -0.927. The molecule has 1 N–H and O–H groups in total. The summed E-state index contributed by atoms with van der Waals surface area (Å²) in [6, 6.07) is 0.288. The van der Waals surface area contributed by atoms with E-state index in [1.54, 1.807) is 0 Å². The molecule has 1 aliphatic heterocycles. The van der Waals surface area contributed by atoms with Crippen LogP contribution in [0.4, 0.5) is 30.7 Å². The van der Waals surface area contributed by atoms with Gasteiger partial charge in [0.15, 0.2) is 0 Å². The van der Waals surface area contributed by atoms with Crippen molar-refractivity contribution in [2.24, 2.45) is 17.8 Å². The molecule has 3 fully saturated rings. The number of rotatable bonds is 8. The van der Waals surface area contributed by atoms with Crippen LogP contribution in [0.15, 0.2) is 12.1 Å². The molecule has 3 aliphatic rings. The summed E-state index contributed by atoms with van der Waals surface area (Å²) in [4.78, 5) is 13.3. The molecule has 3 unspecified atom stereocenters. The number of carbonyl (C=O) groups excluding carboxylic acids is 1. The molecule has 2 aliphatic carbocycles. The molecule has 2 saturated carbocycles. The first-order valence-electron chi connectivity index (χ1n) is 11.0. The maximum absolute atomic E-state index is 14.2. The minimum Gasteiger partial charge on any atom is -0.493 e. The fourth-order valence-corrected chi connectivity index (χ4v) is 4.75. The summed E-state index contributed by atoms with van der Waals surface area (Å²) in [6.07, 6.45) is -1.68. The zero-order valence-electron chi connectivity index (χ0n) is 17.7. The second-order valence-electron chi connectivity index (χ2n) is 9.28. The fourth-order valence-electron chi connectivity index (χ4n) is 4.75. The Balaban J connectivity index is 1.20. The second-order valence-corrected chi connectivity index (χ2v) is 9.28. The van der Waals surface area contributed by atoms with Crippen LogP contribution in [0.5, 0.6) is 5.75 Å². The number of nitrogens with one attached hydrogen (secondary N) is 1. The Bertz CT molecular complexity index is 861. The van der Waals surface area contributed by atoms with Gasteiger partial charge in [0.05, 0.1) is 19.2 Å². The summed E-state index contributed by atoms with van der Waals surface area (Å²) < 4.78 is 97.1. The van der Waals surface area contributed by atoms with Crippen molar-refractivity contribution in [1.29, 1.82) is 0 Å². The number of hydrogen-bond donors (Lipinski definition) is 1. The molecule has 184 valence electrons. The van der Waals surface area contributed by atoms with Gasteiger partial charge in [0.2, 0.25) is 0 Å². The zero-order chi connectivity index (χ0) is 24.0. The number of halogens is 7. The largest absolute Gasteiger partial charge is 0.493 e. The minimum absolute atomic E-state index is 0.101. The number of nitrogens with zero attached hydrogens (tertiary/aromatic N) is 1. The van der Waals surface area contributed by atoms with Crippen LogP contribution >= 0.6 is 0 Å². The average Bonchev–Trinajstić information content (AvgIpc) is 3.58. The van der Waals surface area contributed by atoms with Gasteiger partial charge < -0.3 is 10.1 Å². The quantitative estimate of drug-likeness (QED) is 0.543. The lowest BCUT2D eigenvalue weighted by molar-refractivity contribution is -0.148. The number of benzene rings is 1. The van der Waals surface area contributed by atoms with E-state index < -0.39 is 54.2 Å². The number of hydrogen-bond acceptors (Lipinski definition) is 3. The van der Waals surface area contributed by atoms with Crippen molar-refractivity contribution in [1.82, 2.24) is 10.2 Å². The highest BCUT2D eigenvalue weighted by atomic mass is 19.4. The van der Waals surface area contributed by atoms with Gasteiger partial charge in [-0.25, -0.2) is 17.6 Å². The Morgan fingerprint density at radius 2 is 1.76 bits per heavy atom. The standard InChI is InChI=1S/C22H25F7N2O2/c23-16-8-14(9-17(24)19(16)20(32)30-18-10-21(18,25)26)33-6-3-13-7-15(13)12-1-4-31(5-2-12)11-22(27,28)29/h8-9,12-13,15,18H,1-7,10-11H2,(H,30,32). The van der Waals surface area contributed by atoms with E-state index in [0.717, 1.165) is 31.4 Å². The Labute approximate surface area is 186 Å². The van der Waals surface area contributed by atoms with E-state index >= 15 is 0 Å². The van der Waals surface area contributed by atoms with Gasteiger partial charge in [0.25, 0.3) is 11.8 Å². The third-order valence-corrected chi connectivity index (χ3v) is 6.75. The van der Waals surface area contributed by atoms with E-state index in [2.05, 4.69) is 0 Å². The van der Waals surface area contributed by atoms with E-state index in [0.29, 0.717) is 37.3 Å². The fraction of sp³-hybridized carbons (Fsp3) is 0.682. The van der Waals surface area contributed by atoms with Gasteiger partial charge in [-0.3, -0.25) is 9.69 Å². The molecule has 4 nitrogen and oxygen atoms in total. The van der Waals surface area contributed by atoms with Crippen LogP contribution < -0.4 is 10.1 Å². The summed E-state index contributed by atoms with van der Waals surface area (Å²) in [6.45, 7) is 0.191. The normalized spacial score (nSPS) is 27.3. The van der Waals surface area contributed by atoms with E-state index in [4.69, 9.17) is 4.74 Å². The first-order chi connectivity index (χ1) is 15.4. The SMILES string of the molecule is O=C(NC1CC1(F)F)c1c(F)cc(OCCC2CC2C2CCN(CC(F)(F)F)CC2)cc1F. The van der Waals surface area contributed by atoms with Crippen molar-refractivity contribution in [2.45, 2.75) is 50.2 Å². The van der Waals surface area contributed by atoms with Crippen LogP contribution in [-0.2, 0) is 0 Å². The number of ether oxygens (including phenoxy) is 1. The highest BCUT2D eigenvalue weighted by molar-refractivity contribution is 5.95. The lowest BCUT2D eigenvalue weighted by atomic mass is 9.90.